The Kier molecular flexibility index (Phi) is 5.50. The molecular weight excluding hydrogens is 338 g/mol. The van der Waals surface area contributed by atoms with Gasteiger partial charge in [-0.1, -0.05) is 0 Å². The van der Waals surface area contributed by atoms with E-state index in [-0.39, 0.29) is 28.9 Å². The Morgan fingerprint density at radius 2 is 2.12 bits per heavy atom. The van der Waals surface area contributed by atoms with Crippen molar-refractivity contribution in [2.45, 2.75) is 26.7 Å². The molecule has 0 aromatic carbocycles. The first-order valence-electron chi connectivity index (χ1n) is 9.21. The van der Waals surface area contributed by atoms with Crippen molar-refractivity contribution in [2.24, 2.45) is 11.3 Å². The van der Waals surface area contributed by atoms with Gasteiger partial charge in [0.05, 0.1) is 25.7 Å². The lowest BCUT2D eigenvalue weighted by atomic mass is 9.71. The first-order valence-corrected chi connectivity index (χ1v) is 9.21. The van der Waals surface area contributed by atoms with Crippen molar-refractivity contribution in [1.82, 2.24) is 15.0 Å². The van der Waals surface area contributed by atoms with Crippen LogP contribution in [0.2, 0.25) is 0 Å². The third-order valence-electron chi connectivity index (χ3n) is 5.68. The number of carbonyl (C=O) groups is 2. The second kappa shape index (κ2) is 7.65. The molecule has 2 aliphatic heterocycles. The van der Waals surface area contributed by atoms with Crippen molar-refractivity contribution >= 4 is 11.8 Å². The number of aromatic nitrogens is 1. The van der Waals surface area contributed by atoms with E-state index < -0.39 is 0 Å². The van der Waals surface area contributed by atoms with Crippen molar-refractivity contribution in [1.29, 1.82) is 0 Å². The highest BCUT2D eigenvalue weighted by Gasteiger charge is 2.53. The predicted octanol–water partition coefficient (Wildman–Crippen LogP) is 1.42. The fraction of sp³-hybridized carbons (Fsp3) is 0.722. The van der Waals surface area contributed by atoms with E-state index in [9.17, 15) is 9.59 Å². The van der Waals surface area contributed by atoms with Crippen molar-refractivity contribution in [3.63, 3.8) is 0 Å². The molecule has 0 radical (unpaired) electrons. The number of carbonyl (C=O) groups excluding carboxylic acids is 2. The van der Waals surface area contributed by atoms with Gasteiger partial charge >= 0.3 is 0 Å². The Hall–Kier alpha value is -2.09. The number of ether oxygens (including phenoxy) is 2. The Balaban J connectivity index is 1.69. The number of hydrogen-bond acceptors (Lipinski definition) is 6. The number of likely N-dealkylation sites (tertiary alicyclic amines) is 2. The van der Waals surface area contributed by atoms with Crippen LogP contribution in [0.5, 0.6) is 5.88 Å². The van der Waals surface area contributed by atoms with Gasteiger partial charge in [0.15, 0.2) is 0 Å². The average molecular weight is 365 g/mol. The second-order valence-electron chi connectivity index (χ2n) is 6.95. The molecule has 3 heterocycles. The molecule has 3 rings (SSSR count). The minimum atomic E-state index is -0.186. The van der Waals surface area contributed by atoms with Gasteiger partial charge in [-0.3, -0.25) is 9.59 Å². The summed E-state index contributed by atoms with van der Waals surface area (Å²) >= 11 is 0. The van der Waals surface area contributed by atoms with Crippen molar-refractivity contribution < 1.29 is 23.6 Å². The molecule has 26 heavy (non-hydrogen) atoms. The largest absolute Gasteiger partial charge is 0.479 e. The van der Waals surface area contributed by atoms with Gasteiger partial charge in [0.1, 0.15) is 0 Å². The number of nitrogens with zero attached hydrogens (tertiary/aromatic N) is 3. The van der Waals surface area contributed by atoms with Crippen molar-refractivity contribution in [2.75, 3.05) is 46.5 Å². The molecule has 1 unspecified atom stereocenters. The predicted molar refractivity (Wildman–Crippen MR) is 92.9 cm³/mol. The summed E-state index contributed by atoms with van der Waals surface area (Å²) in [6.45, 7) is 7.65. The number of piperidine rings is 1. The van der Waals surface area contributed by atoms with E-state index in [1.807, 2.05) is 18.7 Å². The molecule has 144 valence electrons. The van der Waals surface area contributed by atoms with Gasteiger partial charge < -0.3 is 23.8 Å². The van der Waals surface area contributed by atoms with Gasteiger partial charge in [-0.25, -0.2) is 0 Å². The van der Waals surface area contributed by atoms with Gasteiger partial charge in [-0.2, -0.15) is 0 Å². The lowest BCUT2D eigenvalue weighted by molar-refractivity contribution is -0.133. The molecule has 2 fully saturated rings. The molecule has 1 aromatic rings. The summed E-state index contributed by atoms with van der Waals surface area (Å²) < 4.78 is 15.6. The first-order chi connectivity index (χ1) is 12.5. The molecule has 8 heteroatoms. The Labute approximate surface area is 153 Å². The lowest BCUT2D eigenvalue weighted by Gasteiger charge is -2.41. The molecular formula is C18H27N3O5. The van der Waals surface area contributed by atoms with E-state index in [0.717, 1.165) is 19.4 Å². The number of methoxy groups -OCH3 is 1. The first kappa shape index (κ1) is 18.7. The third-order valence-corrected chi connectivity index (χ3v) is 5.68. The van der Waals surface area contributed by atoms with Crippen LogP contribution in [0.4, 0.5) is 0 Å². The smallest absolute Gasteiger partial charge is 0.292 e. The SMILES string of the molecule is CCOCC1C(=O)N(CC)CC12CCN(C(=O)c1cc(OC)no1)CC2. The van der Waals surface area contributed by atoms with Crippen LogP contribution in [0.3, 0.4) is 0 Å². The minimum absolute atomic E-state index is 0.113. The van der Waals surface area contributed by atoms with Gasteiger partial charge in [0.25, 0.3) is 11.8 Å². The molecule has 0 aliphatic carbocycles. The fourth-order valence-corrected chi connectivity index (χ4v) is 4.08. The van der Waals surface area contributed by atoms with E-state index in [1.165, 1.54) is 13.2 Å². The van der Waals surface area contributed by atoms with E-state index in [4.69, 9.17) is 14.0 Å². The second-order valence-corrected chi connectivity index (χ2v) is 6.95. The summed E-state index contributed by atoms with van der Waals surface area (Å²) in [5, 5.41) is 3.69. The van der Waals surface area contributed by atoms with Gasteiger partial charge in [0.2, 0.25) is 11.7 Å². The summed E-state index contributed by atoms with van der Waals surface area (Å²) in [5.74, 6) is 0.347. The number of amides is 2. The normalized spacial score (nSPS) is 22.3. The zero-order valence-corrected chi connectivity index (χ0v) is 15.7. The summed E-state index contributed by atoms with van der Waals surface area (Å²) in [5.41, 5.74) is -0.113. The van der Waals surface area contributed by atoms with Crippen LogP contribution < -0.4 is 4.74 Å². The van der Waals surface area contributed by atoms with Gasteiger partial charge in [0, 0.05) is 38.2 Å². The van der Waals surface area contributed by atoms with Crippen LogP contribution >= 0.6 is 0 Å². The van der Waals surface area contributed by atoms with Crippen LogP contribution in [0.15, 0.2) is 10.6 Å². The molecule has 8 nitrogen and oxygen atoms in total. The Morgan fingerprint density at radius 3 is 2.69 bits per heavy atom. The van der Waals surface area contributed by atoms with Crippen molar-refractivity contribution in [3.8, 4) is 5.88 Å². The van der Waals surface area contributed by atoms with Crippen LogP contribution in [-0.4, -0.2) is 73.3 Å². The third kappa shape index (κ3) is 3.30. The zero-order valence-electron chi connectivity index (χ0n) is 15.7. The highest BCUT2D eigenvalue weighted by Crippen LogP contribution is 2.45. The summed E-state index contributed by atoms with van der Waals surface area (Å²) in [6, 6.07) is 1.50. The van der Waals surface area contributed by atoms with Crippen LogP contribution in [0, 0.1) is 11.3 Å². The van der Waals surface area contributed by atoms with Gasteiger partial charge in [-0.15, -0.1) is 0 Å². The van der Waals surface area contributed by atoms with Crippen molar-refractivity contribution in [3.05, 3.63) is 11.8 Å². The van der Waals surface area contributed by atoms with Gasteiger partial charge in [-0.05, 0) is 31.8 Å². The molecule has 2 amide bonds. The fourth-order valence-electron chi connectivity index (χ4n) is 4.08. The number of rotatable bonds is 6. The maximum atomic E-state index is 12.7. The average Bonchev–Trinajstić information content (AvgIpc) is 3.24. The number of hydrogen-bond donors (Lipinski definition) is 0. The molecule has 1 spiro atoms. The Morgan fingerprint density at radius 1 is 1.38 bits per heavy atom. The topological polar surface area (TPSA) is 85.1 Å². The van der Waals surface area contributed by atoms with Crippen LogP contribution in [-0.2, 0) is 9.53 Å². The molecule has 0 N–H and O–H groups in total. The van der Waals surface area contributed by atoms with E-state index in [1.54, 1.807) is 4.90 Å². The maximum Gasteiger partial charge on any atom is 0.292 e. The molecule has 0 saturated carbocycles. The summed E-state index contributed by atoms with van der Waals surface area (Å²) in [6.07, 6.45) is 1.56. The molecule has 0 bridgehead atoms. The summed E-state index contributed by atoms with van der Waals surface area (Å²) in [7, 11) is 1.48. The lowest BCUT2D eigenvalue weighted by Crippen LogP contribution is -2.47. The zero-order chi connectivity index (χ0) is 18.7. The van der Waals surface area contributed by atoms with E-state index in [0.29, 0.717) is 38.7 Å². The van der Waals surface area contributed by atoms with Crippen LogP contribution in [0.1, 0.15) is 37.2 Å². The maximum absolute atomic E-state index is 12.7. The molecule has 1 aromatic heterocycles. The standard InChI is InChI=1S/C18H27N3O5/c1-4-20-12-18(13(16(20)22)11-25-5-2)6-8-21(9-7-18)17(23)14-10-15(24-3)19-26-14/h10,13H,4-9,11-12H2,1-3H3. The molecule has 2 aliphatic rings. The summed E-state index contributed by atoms with van der Waals surface area (Å²) in [4.78, 5) is 29.0. The molecule has 1 atom stereocenters. The Bertz CT molecular complexity index is 651. The minimum Gasteiger partial charge on any atom is -0.479 e. The molecule has 2 saturated heterocycles. The van der Waals surface area contributed by atoms with E-state index >= 15 is 0 Å². The van der Waals surface area contributed by atoms with E-state index in [2.05, 4.69) is 5.16 Å². The monoisotopic (exact) mass is 365 g/mol. The highest BCUT2D eigenvalue weighted by atomic mass is 16.5. The van der Waals surface area contributed by atoms with Crippen LogP contribution in [0.25, 0.3) is 0 Å². The quantitative estimate of drug-likeness (QED) is 0.758. The highest BCUT2D eigenvalue weighted by molar-refractivity contribution is 5.91.